The lowest BCUT2D eigenvalue weighted by Crippen LogP contribution is -2.28. The van der Waals surface area contributed by atoms with Gasteiger partial charge in [-0.1, -0.05) is 42.5 Å². The lowest BCUT2D eigenvalue weighted by Gasteiger charge is -2.31. The fourth-order valence-electron chi connectivity index (χ4n) is 3.15. The molecule has 3 aromatic rings. The molecule has 0 spiro atoms. The summed E-state index contributed by atoms with van der Waals surface area (Å²) in [7, 11) is 1.69. The first kappa shape index (κ1) is 13.8. The van der Waals surface area contributed by atoms with Gasteiger partial charge in [0, 0.05) is 0 Å². The largest absolute Gasteiger partial charge is 0.497 e. The molecule has 116 valence electrons. The number of aromatic nitrogens is 3. The van der Waals surface area contributed by atoms with Gasteiger partial charge in [0.05, 0.1) is 19.2 Å². The van der Waals surface area contributed by atoms with Crippen LogP contribution in [0.5, 0.6) is 5.75 Å². The second kappa shape index (κ2) is 5.76. The van der Waals surface area contributed by atoms with Gasteiger partial charge >= 0.3 is 0 Å². The Hall–Kier alpha value is -2.82. The number of hydrogen-bond acceptors (Lipinski definition) is 4. The second-order valence-corrected chi connectivity index (χ2v) is 5.66. The number of anilines is 1. The summed E-state index contributed by atoms with van der Waals surface area (Å²) in [5.74, 6) is 1.67. The average Bonchev–Trinajstić information content (AvgIpc) is 3.10. The van der Waals surface area contributed by atoms with Crippen LogP contribution in [0.15, 0.2) is 60.9 Å². The molecule has 0 unspecified atom stereocenters. The van der Waals surface area contributed by atoms with Crippen LogP contribution in [-0.2, 0) is 0 Å². The smallest absolute Gasteiger partial charge is 0.222 e. The zero-order valence-electron chi connectivity index (χ0n) is 12.9. The quantitative estimate of drug-likeness (QED) is 0.805. The van der Waals surface area contributed by atoms with Gasteiger partial charge in [0.15, 0.2) is 0 Å². The van der Waals surface area contributed by atoms with Gasteiger partial charge in [-0.15, -0.1) is 0 Å². The van der Waals surface area contributed by atoms with Crippen molar-refractivity contribution >= 4 is 5.95 Å². The number of fused-ring (bicyclic) bond motifs is 1. The molecule has 5 nitrogen and oxygen atoms in total. The second-order valence-electron chi connectivity index (χ2n) is 5.66. The fraction of sp³-hybridized carbons (Fsp3) is 0.222. The van der Waals surface area contributed by atoms with Crippen LogP contribution < -0.4 is 10.1 Å². The van der Waals surface area contributed by atoms with Crippen molar-refractivity contribution in [2.75, 3.05) is 12.4 Å². The predicted molar refractivity (Wildman–Crippen MR) is 88.6 cm³/mol. The number of nitrogens with zero attached hydrogens (tertiary/aromatic N) is 3. The molecule has 1 N–H and O–H groups in total. The van der Waals surface area contributed by atoms with Gasteiger partial charge < -0.3 is 10.1 Å². The Morgan fingerprint density at radius 1 is 1.09 bits per heavy atom. The van der Waals surface area contributed by atoms with Crippen LogP contribution in [0.4, 0.5) is 5.95 Å². The van der Waals surface area contributed by atoms with Crippen molar-refractivity contribution < 1.29 is 4.74 Å². The van der Waals surface area contributed by atoms with Gasteiger partial charge in [-0.25, -0.2) is 4.68 Å². The highest BCUT2D eigenvalue weighted by atomic mass is 16.5. The van der Waals surface area contributed by atoms with E-state index >= 15 is 0 Å². The molecule has 0 saturated carbocycles. The standard InChI is InChI=1S/C18H18N4O/c1-23-15-9-5-8-14(10-15)16-11-17(13-6-3-2-4-7-13)22-18(21-16)19-12-20-22/h2-10,12,16-17H,11H2,1H3,(H,19,20,21)/t16-,17+/m0/s1. The number of benzene rings is 2. The Morgan fingerprint density at radius 2 is 1.91 bits per heavy atom. The third-order valence-electron chi connectivity index (χ3n) is 4.31. The molecule has 0 saturated heterocycles. The summed E-state index contributed by atoms with van der Waals surface area (Å²) < 4.78 is 7.31. The highest BCUT2D eigenvalue weighted by Crippen LogP contribution is 2.37. The van der Waals surface area contributed by atoms with E-state index in [0.717, 1.165) is 18.1 Å². The van der Waals surface area contributed by atoms with Crippen molar-refractivity contribution in [3.63, 3.8) is 0 Å². The molecular formula is C18H18N4O. The van der Waals surface area contributed by atoms with Gasteiger partial charge in [0.25, 0.3) is 0 Å². The number of ether oxygens (including phenoxy) is 1. The molecule has 0 aliphatic carbocycles. The van der Waals surface area contributed by atoms with Crippen molar-refractivity contribution in [2.24, 2.45) is 0 Å². The van der Waals surface area contributed by atoms with Gasteiger partial charge in [0.1, 0.15) is 12.1 Å². The van der Waals surface area contributed by atoms with Crippen molar-refractivity contribution in [2.45, 2.75) is 18.5 Å². The van der Waals surface area contributed by atoms with Crippen LogP contribution in [-0.4, -0.2) is 21.9 Å². The SMILES string of the molecule is COc1cccc([C@@H]2C[C@H](c3ccccc3)n3ncnc3N2)c1. The lowest BCUT2D eigenvalue weighted by atomic mass is 9.93. The predicted octanol–water partition coefficient (Wildman–Crippen LogP) is 3.43. The molecule has 0 radical (unpaired) electrons. The summed E-state index contributed by atoms with van der Waals surface area (Å²) in [6.45, 7) is 0. The molecule has 0 amide bonds. The molecule has 0 bridgehead atoms. The van der Waals surface area contributed by atoms with E-state index < -0.39 is 0 Å². The Labute approximate surface area is 134 Å². The molecule has 2 aromatic carbocycles. The van der Waals surface area contributed by atoms with Crippen LogP contribution in [0.1, 0.15) is 29.6 Å². The molecule has 2 atom stereocenters. The van der Waals surface area contributed by atoms with E-state index in [0.29, 0.717) is 0 Å². The third-order valence-corrected chi connectivity index (χ3v) is 4.31. The topological polar surface area (TPSA) is 52.0 Å². The summed E-state index contributed by atoms with van der Waals surface area (Å²) in [6, 6.07) is 19.0. The Morgan fingerprint density at radius 3 is 2.74 bits per heavy atom. The van der Waals surface area contributed by atoms with Crippen molar-refractivity contribution in [3.8, 4) is 5.75 Å². The molecule has 23 heavy (non-hydrogen) atoms. The monoisotopic (exact) mass is 306 g/mol. The summed E-state index contributed by atoms with van der Waals surface area (Å²) in [5, 5.41) is 7.87. The van der Waals surface area contributed by atoms with Gasteiger partial charge in [-0.2, -0.15) is 10.1 Å². The molecule has 1 aliphatic rings. The highest BCUT2D eigenvalue weighted by molar-refractivity contribution is 5.40. The maximum atomic E-state index is 5.35. The third kappa shape index (κ3) is 2.54. The molecule has 4 rings (SSSR count). The molecular weight excluding hydrogens is 288 g/mol. The van der Waals surface area contributed by atoms with Crippen LogP contribution in [0.25, 0.3) is 0 Å². The number of hydrogen-bond donors (Lipinski definition) is 1. The minimum atomic E-state index is 0.172. The maximum Gasteiger partial charge on any atom is 0.222 e. The zero-order chi connectivity index (χ0) is 15.6. The zero-order valence-corrected chi connectivity index (χ0v) is 12.9. The minimum Gasteiger partial charge on any atom is -0.497 e. The van der Waals surface area contributed by atoms with Gasteiger partial charge in [0.2, 0.25) is 5.95 Å². The fourth-order valence-corrected chi connectivity index (χ4v) is 3.15. The summed E-state index contributed by atoms with van der Waals surface area (Å²) >= 11 is 0. The van der Waals surface area contributed by atoms with Crippen LogP contribution in [0.3, 0.4) is 0 Å². The van der Waals surface area contributed by atoms with E-state index in [4.69, 9.17) is 4.74 Å². The molecule has 2 heterocycles. The van der Waals surface area contributed by atoms with Gasteiger partial charge in [-0.05, 0) is 29.7 Å². The van der Waals surface area contributed by atoms with Crippen LogP contribution in [0, 0.1) is 0 Å². The number of nitrogens with one attached hydrogen (secondary N) is 1. The van der Waals surface area contributed by atoms with Crippen LogP contribution >= 0.6 is 0 Å². The minimum absolute atomic E-state index is 0.172. The summed E-state index contributed by atoms with van der Waals surface area (Å²) in [5.41, 5.74) is 2.44. The van der Waals surface area contributed by atoms with Gasteiger partial charge in [-0.3, -0.25) is 0 Å². The molecule has 0 fully saturated rings. The first-order valence-corrected chi connectivity index (χ1v) is 7.70. The van der Waals surface area contributed by atoms with E-state index in [1.165, 1.54) is 11.1 Å². The average molecular weight is 306 g/mol. The summed E-state index contributed by atoms with van der Waals surface area (Å²) in [4.78, 5) is 4.36. The van der Waals surface area contributed by atoms with Crippen molar-refractivity contribution in [1.29, 1.82) is 0 Å². The molecule has 1 aliphatic heterocycles. The van der Waals surface area contributed by atoms with E-state index in [-0.39, 0.29) is 12.1 Å². The first-order valence-electron chi connectivity index (χ1n) is 7.70. The molecule has 5 heteroatoms. The normalized spacial score (nSPS) is 19.7. The van der Waals surface area contributed by atoms with E-state index in [2.05, 4.69) is 51.8 Å². The van der Waals surface area contributed by atoms with Crippen LogP contribution in [0.2, 0.25) is 0 Å². The summed E-state index contributed by atoms with van der Waals surface area (Å²) in [6.07, 6.45) is 2.51. The number of rotatable bonds is 3. The Kier molecular flexibility index (Phi) is 3.46. The first-order chi connectivity index (χ1) is 11.3. The van der Waals surface area contributed by atoms with Crippen molar-refractivity contribution in [3.05, 3.63) is 72.1 Å². The van der Waals surface area contributed by atoms with E-state index in [1.807, 2.05) is 22.9 Å². The van der Waals surface area contributed by atoms with E-state index in [9.17, 15) is 0 Å². The lowest BCUT2D eigenvalue weighted by molar-refractivity contribution is 0.410. The maximum absolute atomic E-state index is 5.35. The number of methoxy groups -OCH3 is 1. The van der Waals surface area contributed by atoms with Crippen molar-refractivity contribution in [1.82, 2.24) is 14.8 Å². The Bertz CT molecular complexity index is 800. The molecule has 1 aromatic heterocycles. The Balaban J connectivity index is 1.72. The highest BCUT2D eigenvalue weighted by Gasteiger charge is 2.29. The van der Waals surface area contributed by atoms with E-state index in [1.54, 1.807) is 13.4 Å².